The second-order valence-electron chi connectivity index (χ2n) is 8.99. The normalized spacial score (nSPS) is 16.5. The summed E-state index contributed by atoms with van der Waals surface area (Å²) >= 11 is 0. The number of fused-ring (bicyclic) bond motifs is 6. The fraction of sp³-hybridized carbons (Fsp3) is 0.333. The zero-order chi connectivity index (χ0) is 23.0. The van der Waals surface area contributed by atoms with E-state index in [2.05, 4.69) is 83.4 Å². The van der Waals surface area contributed by atoms with Gasteiger partial charge in [0.15, 0.2) is 0 Å². The van der Waals surface area contributed by atoms with Gasteiger partial charge in [0.25, 0.3) is 0 Å². The van der Waals surface area contributed by atoms with E-state index in [0.29, 0.717) is 0 Å². The molecule has 1 aliphatic rings. The first-order valence-electron chi connectivity index (χ1n) is 12.6. The topological polar surface area (TPSA) is 42.5 Å². The minimum Gasteiger partial charge on any atom is -0.493 e. The molecule has 4 heteroatoms. The lowest BCUT2D eigenvalue weighted by atomic mass is 10.0. The molecule has 0 radical (unpaired) electrons. The summed E-state index contributed by atoms with van der Waals surface area (Å²) in [5.41, 5.74) is 2.52. The van der Waals surface area contributed by atoms with Gasteiger partial charge in [-0.15, -0.1) is 0 Å². The first-order chi connectivity index (χ1) is 16.9. The maximum Gasteiger partial charge on any atom is 0.124 e. The lowest BCUT2D eigenvalue weighted by Gasteiger charge is -2.17. The number of hydrogen-bond donors (Lipinski definition) is 2. The van der Waals surface area contributed by atoms with Gasteiger partial charge in [-0.25, -0.2) is 0 Å². The van der Waals surface area contributed by atoms with Crippen molar-refractivity contribution < 1.29 is 9.47 Å². The minimum absolute atomic E-state index is 0.733. The fourth-order valence-corrected chi connectivity index (χ4v) is 4.78. The van der Waals surface area contributed by atoms with Crippen LogP contribution in [0, 0.1) is 0 Å². The van der Waals surface area contributed by atoms with E-state index in [0.717, 1.165) is 76.6 Å². The van der Waals surface area contributed by atoms with Crippen molar-refractivity contribution in [1.82, 2.24) is 10.6 Å². The maximum absolute atomic E-state index is 6.25. The minimum atomic E-state index is 0.733. The molecule has 0 saturated carbocycles. The lowest BCUT2D eigenvalue weighted by molar-refractivity contribution is 0.276. The summed E-state index contributed by atoms with van der Waals surface area (Å²) in [6, 6.07) is 25.7. The monoisotopic (exact) mass is 454 g/mol. The summed E-state index contributed by atoms with van der Waals surface area (Å²) < 4.78 is 12.5. The molecule has 1 aliphatic heterocycles. The predicted octanol–water partition coefficient (Wildman–Crippen LogP) is 6.20. The van der Waals surface area contributed by atoms with Crippen LogP contribution in [0.25, 0.3) is 21.5 Å². The van der Waals surface area contributed by atoms with Gasteiger partial charge in [-0.3, -0.25) is 0 Å². The van der Waals surface area contributed by atoms with Crippen LogP contribution in [0.5, 0.6) is 11.5 Å². The Morgan fingerprint density at radius 1 is 0.500 bits per heavy atom. The molecular weight excluding hydrogens is 420 g/mol. The van der Waals surface area contributed by atoms with E-state index in [9.17, 15) is 0 Å². The number of rotatable bonds is 0. The van der Waals surface area contributed by atoms with Crippen molar-refractivity contribution in [3.63, 3.8) is 0 Å². The van der Waals surface area contributed by atoms with Gasteiger partial charge in [-0.1, -0.05) is 60.7 Å². The third-order valence-electron chi connectivity index (χ3n) is 6.61. The Labute approximate surface area is 202 Å². The van der Waals surface area contributed by atoms with Gasteiger partial charge in [0.05, 0.1) is 13.2 Å². The molecule has 2 N–H and O–H groups in total. The molecule has 4 aromatic rings. The number of nitrogens with one attached hydrogen (secondary N) is 2. The van der Waals surface area contributed by atoms with Crippen molar-refractivity contribution in [2.45, 2.75) is 38.8 Å². The zero-order valence-corrected chi connectivity index (χ0v) is 19.8. The van der Waals surface area contributed by atoms with E-state index in [1.807, 2.05) is 0 Å². The summed E-state index contributed by atoms with van der Waals surface area (Å²) in [6.45, 7) is 5.01. The van der Waals surface area contributed by atoms with Crippen LogP contribution in [0.2, 0.25) is 0 Å². The van der Waals surface area contributed by atoms with Gasteiger partial charge in [-0.05, 0) is 72.5 Å². The molecule has 34 heavy (non-hydrogen) atoms. The summed E-state index contributed by atoms with van der Waals surface area (Å²) in [7, 11) is 0. The van der Waals surface area contributed by atoms with Crippen molar-refractivity contribution in [2.24, 2.45) is 0 Å². The fourth-order valence-electron chi connectivity index (χ4n) is 4.78. The van der Waals surface area contributed by atoms with Crippen LogP contribution in [-0.4, -0.2) is 26.3 Å². The molecule has 0 fully saturated rings. The van der Waals surface area contributed by atoms with Crippen molar-refractivity contribution in [2.75, 3.05) is 26.3 Å². The summed E-state index contributed by atoms with van der Waals surface area (Å²) in [5.74, 6) is 2.00. The number of hydrogen-bond acceptors (Lipinski definition) is 4. The highest BCUT2D eigenvalue weighted by Crippen LogP contribution is 2.30. The van der Waals surface area contributed by atoms with E-state index in [-0.39, 0.29) is 0 Å². The SMILES string of the molecule is c1ccc2c3c(ccc2c1)OCCCCCOc1ccc2ccccc2c1CNCCCNC3. The van der Waals surface area contributed by atoms with E-state index in [1.165, 1.54) is 32.7 Å². The third kappa shape index (κ3) is 5.35. The molecule has 0 amide bonds. The highest BCUT2D eigenvalue weighted by atomic mass is 16.5. The summed E-state index contributed by atoms with van der Waals surface area (Å²) in [4.78, 5) is 0. The zero-order valence-electron chi connectivity index (χ0n) is 19.8. The first kappa shape index (κ1) is 22.7. The van der Waals surface area contributed by atoms with Crippen LogP contribution in [0.15, 0.2) is 72.8 Å². The average Bonchev–Trinajstić information content (AvgIpc) is 2.88. The van der Waals surface area contributed by atoms with Gasteiger partial charge in [0, 0.05) is 24.2 Å². The number of ether oxygens (including phenoxy) is 2. The Bertz CT molecular complexity index is 1140. The summed E-state index contributed by atoms with van der Waals surface area (Å²) in [6.07, 6.45) is 4.19. The maximum atomic E-state index is 6.25. The Balaban J connectivity index is 1.30. The molecular formula is C30H34N2O2. The molecule has 1 heterocycles. The molecule has 0 atom stereocenters. The molecule has 0 aromatic heterocycles. The van der Waals surface area contributed by atoms with Gasteiger partial charge in [0.1, 0.15) is 11.5 Å². The van der Waals surface area contributed by atoms with Crippen molar-refractivity contribution in [3.8, 4) is 11.5 Å². The third-order valence-corrected chi connectivity index (χ3v) is 6.61. The molecule has 5 rings (SSSR count). The molecule has 4 aromatic carbocycles. The predicted molar refractivity (Wildman–Crippen MR) is 141 cm³/mol. The smallest absolute Gasteiger partial charge is 0.124 e. The van der Waals surface area contributed by atoms with Gasteiger partial charge in [-0.2, -0.15) is 0 Å². The van der Waals surface area contributed by atoms with Crippen molar-refractivity contribution in [1.29, 1.82) is 0 Å². The van der Waals surface area contributed by atoms with Crippen LogP contribution in [-0.2, 0) is 13.1 Å². The number of benzene rings is 4. The Morgan fingerprint density at radius 2 is 1.00 bits per heavy atom. The van der Waals surface area contributed by atoms with Crippen LogP contribution < -0.4 is 20.1 Å². The van der Waals surface area contributed by atoms with Crippen LogP contribution in [0.3, 0.4) is 0 Å². The van der Waals surface area contributed by atoms with E-state index in [4.69, 9.17) is 9.47 Å². The van der Waals surface area contributed by atoms with E-state index >= 15 is 0 Å². The Hall–Kier alpha value is -3.08. The van der Waals surface area contributed by atoms with E-state index < -0.39 is 0 Å². The van der Waals surface area contributed by atoms with Crippen LogP contribution >= 0.6 is 0 Å². The average molecular weight is 455 g/mol. The largest absolute Gasteiger partial charge is 0.493 e. The van der Waals surface area contributed by atoms with Gasteiger partial charge < -0.3 is 20.1 Å². The van der Waals surface area contributed by atoms with E-state index in [1.54, 1.807) is 0 Å². The second kappa shape index (κ2) is 11.4. The van der Waals surface area contributed by atoms with Gasteiger partial charge in [0.2, 0.25) is 0 Å². The molecule has 4 nitrogen and oxygen atoms in total. The Morgan fingerprint density at radius 3 is 1.53 bits per heavy atom. The van der Waals surface area contributed by atoms with Crippen molar-refractivity contribution >= 4 is 21.5 Å². The second-order valence-corrected chi connectivity index (χ2v) is 8.99. The molecule has 0 unspecified atom stereocenters. The van der Waals surface area contributed by atoms with Crippen LogP contribution in [0.1, 0.15) is 36.8 Å². The van der Waals surface area contributed by atoms with Crippen LogP contribution in [0.4, 0.5) is 0 Å². The first-order valence-corrected chi connectivity index (χ1v) is 12.6. The lowest BCUT2D eigenvalue weighted by Crippen LogP contribution is -2.22. The Kier molecular flexibility index (Phi) is 7.59. The molecule has 0 aliphatic carbocycles. The highest BCUT2D eigenvalue weighted by molar-refractivity contribution is 5.88. The van der Waals surface area contributed by atoms with Crippen molar-refractivity contribution in [3.05, 3.63) is 83.9 Å². The molecule has 0 saturated heterocycles. The molecule has 0 spiro atoms. The highest BCUT2D eigenvalue weighted by Gasteiger charge is 2.11. The standard InChI is InChI=1S/C30H34N2O2/c1-6-19-33-29-15-13-23-9-2-4-11-25(23)27(29)21-31-17-8-18-32-22-28-26-12-5-3-10-24(26)14-16-30(28)34-20-7-1/h2-5,9-16,31-32H,1,6-8,17-22H2. The van der Waals surface area contributed by atoms with Gasteiger partial charge >= 0.3 is 0 Å². The molecule has 0 bridgehead atoms. The molecule has 176 valence electrons. The summed E-state index contributed by atoms with van der Waals surface area (Å²) in [5, 5.41) is 12.4. The quantitative estimate of drug-likeness (QED) is 0.332.